The van der Waals surface area contributed by atoms with Gasteiger partial charge in [0.2, 0.25) is 11.8 Å². The van der Waals surface area contributed by atoms with Crippen LogP contribution in [0.3, 0.4) is 0 Å². The van der Waals surface area contributed by atoms with Gasteiger partial charge in [0.25, 0.3) is 0 Å². The number of benzene rings is 1. The maximum absolute atomic E-state index is 12.6. The van der Waals surface area contributed by atoms with Gasteiger partial charge in [0.1, 0.15) is 0 Å². The van der Waals surface area contributed by atoms with Crippen molar-refractivity contribution in [3.05, 3.63) is 60.4 Å². The van der Waals surface area contributed by atoms with Gasteiger partial charge in [-0.3, -0.25) is 14.6 Å². The Balaban J connectivity index is 1.84. The zero-order chi connectivity index (χ0) is 15.5. The predicted molar refractivity (Wildman–Crippen MR) is 82.9 cm³/mol. The van der Waals surface area contributed by atoms with Crippen LogP contribution >= 0.6 is 0 Å². The second-order valence-electron chi connectivity index (χ2n) is 5.40. The molecule has 5 heteroatoms. The van der Waals surface area contributed by atoms with Gasteiger partial charge in [0.05, 0.1) is 23.8 Å². The van der Waals surface area contributed by atoms with E-state index in [0.717, 1.165) is 5.56 Å². The molecule has 3 rings (SSSR count). The summed E-state index contributed by atoms with van der Waals surface area (Å²) in [4.78, 5) is 30.3. The highest BCUT2D eigenvalue weighted by molar-refractivity contribution is 5.97. The Labute approximate surface area is 129 Å². The van der Waals surface area contributed by atoms with Crippen LogP contribution in [0.25, 0.3) is 0 Å². The molecule has 2 aromatic rings. The Kier molecular flexibility index (Phi) is 3.87. The van der Waals surface area contributed by atoms with E-state index >= 15 is 0 Å². The number of carbonyl (C=O) groups is 2. The Morgan fingerprint density at radius 1 is 1.23 bits per heavy atom. The molecule has 1 aliphatic rings. The van der Waals surface area contributed by atoms with Gasteiger partial charge in [-0.05, 0) is 17.7 Å². The van der Waals surface area contributed by atoms with E-state index in [1.807, 2.05) is 30.3 Å². The van der Waals surface area contributed by atoms with Gasteiger partial charge in [-0.1, -0.05) is 30.3 Å². The number of aromatic nitrogens is 1. The van der Waals surface area contributed by atoms with Crippen LogP contribution in [0.5, 0.6) is 0 Å². The highest BCUT2D eigenvalue weighted by atomic mass is 16.2. The van der Waals surface area contributed by atoms with Gasteiger partial charge in [0.15, 0.2) is 0 Å². The van der Waals surface area contributed by atoms with E-state index in [0.29, 0.717) is 5.69 Å². The van der Waals surface area contributed by atoms with Crippen LogP contribution < -0.4 is 5.32 Å². The Morgan fingerprint density at radius 2 is 2.00 bits per heavy atom. The van der Waals surface area contributed by atoms with Crippen molar-refractivity contribution in [2.24, 2.45) is 5.92 Å². The molecule has 1 saturated heterocycles. The van der Waals surface area contributed by atoms with Gasteiger partial charge in [-0.25, -0.2) is 0 Å². The lowest BCUT2D eigenvalue weighted by Crippen LogP contribution is -2.30. The van der Waals surface area contributed by atoms with E-state index in [9.17, 15) is 9.59 Å². The molecule has 2 atom stereocenters. The monoisotopic (exact) mass is 295 g/mol. The first-order chi connectivity index (χ1) is 10.7. The van der Waals surface area contributed by atoms with Crippen LogP contribution in [-0.2, 0) is 9.59 Å². The van der Waals surface area contributed by atoms with Gasteiger partial charge in [-0.15, -0.1) is 0 Å². The molecule has 2 amide bonds. The maximum atomic E-state index is 12.6. The minimum Gasteiger partial charge on any atom is -0.338 e. The number of likely N-dealkylation sites (tertiary alicyclic amines) is 1. The third-order valence-corrected chi connectivity index (χ3v) is 3.99. The standard InChI is InChI=1S/C17H17N3O2/c1-20-15(21)10-14(16(20)12-6-3-2-4-7-12)17(22)19-13-8-5-9-18-11-13/h2-9,11,14,16H,10H2,1H3,(H,19,22)/t14-,16-/m0/s1. The van der Waals surface area contributed by atoms with Crippen LogP contribution in [0.15, 0.2) is 54.9 Å². The molecule has 1 aromatic heterocycles. The van der Waals surface area contributed by atoms with Gasteiger partial charge in [0, 0.05) is 19.7 Å². The molecule has 0 radical (unpaired) electrons. The molecule has 22 heavy (non-hydrogen) atoms. The number of hydrogen-bond acceptors (Lipinski definition) is 3. The number of hydrogen-bond donors (Lipinski definition) is 1. The first kappa shape index (κ1) is 14.3. The first-order valence-electron chi connectivity index (χ1n) is 7.18. The predicted octanol–water partition coefficient (Wildman–Crippen LogP) is 2.24. The van der Waals surface area contributed by atoms with Crippen LogP contribution in [0, 0.1) is 5.92 Å². The quantitative estimate of drug-likeness (QED) is 0.944. The number of anilines is 1. The molecule has 1 aromatic carbocycles. The molecule has 1 aliphatic heterocycles. The van der Waals surface area contributed by atoms with Gasteiger partial charge >= 0.3 is 0 Å². The molecule has 5 nitrogen and oxygen atoms in total. The fraction of sp³-hybridized carbons (Fsp3) is 0.235. The molecule has 0 saturated carbocycles. The van der Waals surface area contributed by atoms with Gasteiger partial charge in [-0.2, -0.15) is 0 Å². The summed E-state index contributed by atoms with van der Waals surface area (Å²) in [6.45, 7) is 0. The molecular formula is C17H17N3O2. The fourth-order valence-corrected chi connectivity index (χ4v) is 2.88. The van der Waals surface area contributed by atoms with Crippen LogP contribution in [0.2, 0.25) is 0 Å². The van der Waals surface area contributed by atoms with Crippen molar-refractivity contribution >= 4 is 17.5 Å². The minimum atomic E-state index is -0.403. The van der Waals surface area contributed by atoms with E-state index in [4.69, 9.17) is 0 Å². The molecule has 0 aliphatic carbocycles. The third-order valence-electron chi connectivity index (χ3n) is 3.99. The maximum Gasteiger partial charge on any atom is 0.230 e. The number of nitrogens with one attached hydrogen (secondary N) is 1. The Morgan fingerprint density at radius 3 is 2.68 bits per heavy atom. The van der Waals surface area contributed by atoms with E-state index in [1.54, 1.807) is 36.5 Å². The molecule has 1 N–H and O–H groups in total. The smallest absolute Gasteiger partial charge is 0.230 e. The molecule has 0 spiro atoms. The normalized spacial score (nSPS) is 21.0. The lowest BCUT2D eigenvalue weighted by molar-refractivity contribution is -0.127. The Bertz CT molecular complexity index is 673. The van der Waals surface area contributed by atoms with Crippen molar-refractivity contribution < 1.29 is 9.59 Å². The van der Waals surface area contributed by atoms with E-state index in [-0.39, 0.29) is 24.3 Å². The second-order valence-corrected chi connectivity index (χ2v) is 5.40. The van der Waals surface area contributed by atoms with Crippen molar-refractivity contribution in [3.8, 4) is 0 Å². The number of amides is 2. The molecule has 0 unspecified atom stereocenters. The number of nitrogens with zero attached hydrogens (tertiary/aromatic N) is 2. The zero-order valence-corrected chi connectivity index (χ0v) is 12.3. The fourth-order valence-electron chi connectivity index (χ4n) is 2.88. The third kappa shape index (κ3) is 2.70. The first-order valence-corrected chi connectivity index (χ1v) is 7.18. The molecule has 1 fully saturated rings. The summed E-state index contributed by atoms with van der Waals surface area (Å²) in [5.74, 6) is -0.570. The molecular weight excluding hydrogens is 278 g/mol. The van der Waals surface area contributed by atoms with Crippen molar-refractivity contribution in [1.82, 2.24) is 9.88 Å². The Hall–Kier alpha value is -2.69. The molecule has 2 heterocycles. The number of pyridine rings is 1. The topological polar surface area (TPSA) is 62.3 Å². The van der Waals surface area contributed by atoms with Crippen molar-refractivity contribution in [1.29, 1.82) is 0 Å². The largest absolute Gasteiger partial charge is 0.338 e. The summed E-state index contributed by atoms with van der Waals surface area (Å²) in [7, 11) is 1.75. The average molecular weight is 295 g/mol. The molecule has 112 valence electrons. The summed E-state index contributed by atoms with van der Waals surface area (Å²) >= 11 is 0. The van der Waals surface area contributed by atoms with E-state index in [2.05, 4.69) is 10.3 Å². The highest BCUT2D eigenvalue weighted by Gasteiger charge is 2.42. The van der Waals surface area contributed by atoms with Crippen molar-refractivity contribution in [2.45, 2.75) is 12.5 Å². The summed E-state index contributed by atoms with van der Waals surface area (Å²) in [6.07, 6.45) is 3.47. The summed E-state index contributed by atoms with van der Waals surface area (Å²) < 4.78 is 0. The summed E-state index contributed by atoms with van der Waals surface area (Å²) in [5, 5.41) is 2.84. The van der Waals surface area contributed by atoms with Crippen LogP contribution in [0.1, 0.15) is 18.0 Å². The van der Waals surface area contributed by atoms with Crippen molar-refractivity contribution in [3.63, 3.8) is 0 Å². The number of carbonyl (C=O) groups excluding carboxylic acids is 2. The highest BCUT2D eigenvalue weighted by Crippen LogP contribution is 2.37. The zero-order valence-electron chi connectivity index (χ0n) is 12.3. The second kappa shape index (κ2) is 5.97. The summed E-state index contributed by atoms with van der Waals surface area (Å²) in [5.41, 5.74) is 1.61. The molecule has 0 bridgehead atoms. The number of rotatable bonds is 3. The lowest BCUT2D eigenvalue weighted by Gasteiger charge is -2.24. The van der Waals surface area contributed by atoms with Crippen molar-refractivity contribution in [2.75, 3.05) is 12.4 Å². The van der Waals surface area contributed by atoms with Gasteiger partial charge < -0.3 is 10.2 Å². The average Bonchev–Trinajstić information content (AvgIpc) is 2.85. The minimum absolute atomic E-state index is 0.0137. The van der Waals surface area contributed by atoms with Crippen LogP contribution in [-0.4, -0.2) is 28.7 Å². The van der Waals surface area contributed by atoms with E-state index < -0.39 is 5.92 Å². The SMILES string of the molecule is CN1C(=O)C[C@H](C(=O)Nc2cccnc2)[C@@H]1c1ccccc1. The van der Waals surface area contributed by atoms with E-state index in [1.165, 1.54) is 0 Å². The van der Waals surface area contributed by atoms with Crippen LogP contribution in [0.4, 0.5) is 5.69 Å². The summed E-state index contributed by atoms with van der Waals surface area (Å²) in [6, 6.07) is 13.0. The lowest BCUT2D eigenvalue weighted by atomic mass is 9.93.